The van der Waals surface area contributed by atoms with Gasteiger partial charge in [-0.25, -0.2) is 0 Å². The summed E-state index contributed by atoms with van der Waals surface area (Å²) in [6.07, 6.45) is -1.96. The van der Waals surface area contributed by atoms with Crippen LogP contribution in [0.25, 0.3) is 0 Å². The molecule has 2 amide bonds. The van der Waals surface area contributed by atoms with Gasteiger partial charge in [0, 0.05) is 12.8 Å². The van der Waals surface area contributed by atoms with E-state index in [9.17, 15) is 19.8 Å². The number of aliphatic hydroxyl groups excluding tert-OH is 2. The van der Waals surface area contributed by atoms with E-state index in [1.165, 1.54) is 4.90 Å². The highest BCUT2D eigenvalue weighted by molar-refractivity contribution is 6.02. The molecule has 4 rings (SSSR count). The fourth-order valence-electron chi connectivity index (χ4n) is 4.16. The number of carbonyl (C=O) groups excluding carboxylic acids is 2. The summed E-state index contributed by atoms with van der Waals surface area (Å²) in [5.74, 6) is -0.607. The average Bonchev–Trinajstić information content (AvgIpc) is 3.12. The van der Waals surface area contributed by atoms with Crippen LogP contribution in [0.1, 0.15) is 12.8 Å². The van der Waals surface area contributed by atoms with Gasteiger partial charge in [-0.05, 0) is 0 Å². The normalized spacial score (nSPS) is 41.1. The molecule has 11 nitrogen and oxygen atoms in total. The van der Waals surface area contributed by atoms with Crippen molar-refractivity contribution in [1.29, 1.82) is 10.8 Å². The zero-order valence-corrected chi connectivity index (χ0v) is 12.7. The first-order valence-electron chi connectivity index (χ1n) is 7.80. The maximum atomic E-state index is 11.9. The zero-order chi connectivity index (χ0) is 17.2. The molecule has 0 aromatic rings. The average molecular weight is 337 g/mol. The largest absolute Gasteiger partial charge is 0.388 e. The maximum absolute atomic E-state index is 11.9. The van der Waals surface area contributed by atoms with Crippen molar-refractivity contribution < 1.29 is 19.8 Å². The molecule has 4 saturated heterocycles. The molecule has 4 aliphatic heterocycles. The number of imide groups is 1. The number of hydrogen-bond donors (Lipinski definition) is 7. The Hall–Kier alpha value is -2.40. The molecule has 5 atom stereocenters. The number of hydrogen-bond acceptors (Lipinski definition) is 6. The number of nitrogens with zero attached hydrogens (tertiary/aromatic N) is 2. The molecule has 24 heavy (non-hydrogen) atoms. The standard InChI is InChI=1S/C13H19N7O4/c14-11-17-9-5(3-19-7(22)1-2-8(19)23)16-12(15)20-4-6(21)10(24)13(9,20)18-11/h5-6,9-10,21,24H,1-4H2,(H2,15,16)(H3,14,17,18)/t5-,6-,9?,10+,13?/m0/s1. The third-order valence-electron chi connectivity index (χ3n) is 5.26. The molecule has 4 heterocycles. The molecule has 0 saturated carbocycles. The van der Waals surface area contributed by atoms with Gasteiger partial charge in [0.25, 0.3) is 0 Å². The Kier molecular flexibility index (Phi) is 3.03. The first kappa shape index (κ1) is 15.1. The number of rotatable bonds is 2. The Morgan fingerprint density at radius 3 is 2.50 bits per heavy atom. The van der Waals surface area contributed by atoms with Crippen molar-refractivity contribution in [2.24, 2.45) is 0 Å². The zero-order valence-electron chi connectivity index (χ0n) is 12.7. The summed E-state index contributed by atoms with van der Waals surface area (Å²) in [6.45, 7) is 0.0742. The van der Waals surface area contributed by atoms with Gasteiger partial charge in [0.05, 0.1) is 25.2 Å². The number of nitrogens with one attached hydrogen (secondary N) is 5. The lowest BCUT2D eigenvalue weighted by atomic mass is 9.87. The van der Waals surface area contributed by atoms with Crippen LogP contribution < -0.4 is 16.0 Å². The van der Waals surface area contributed by atoms with E-state index in [1.807, 2.05) is 0 Å². The van der Waals surface area contributed by atoms with Gasteiger partial charge in [-0.2, -0.15) is 0 Å². The van der Waals surface area contributed by atoms with Gasteiger partial charge in [-0.3, -0.25) is 25.3 Å². The summed E-state index contributed by atoms with van der Waals surface area (Å²) in [4.78, 5) is 26.4. The minimum Gasteiger partial charge on any atom is -0.388 e. The second-order valence-electron chi connectivity index (χ2n) is 6.57. The molecule has 4 aliphatic rings. The van der Waals surface area contributed by atoms with E-state index in [1.54, 1.807) is 0 Å². The van der Waals surface area contributed by atoms with E-state index in [2.05, 4.69) is 16.0 Å². The van der Waals surface area contributed by atoms with Gasteiger partial charge in [0.2, 0.25) is 11.8 Å². The summed E-state index contributed by atoms with van der Waals surface area (Å²) in [7, 11) is 0. The molecule has 11 heteroatoms. The van der Waals surface area contributed by atoms with Crippen molar-refractivity contribution in [2.75, 3.05) is 13.1 Å². The highest BCUT2D eigenvalue weighted by Gasteiger charge is 2.66. The fraction of sp³-hybridized carbons (Fsp3) is 0.692. The van der Waals surface area contributed by atoms with Crippen LogP contribution in [0.2, 0.25) is 0 Å². The van der Waals surface area contributed by atoms with Crippen LogP contribution in [0, 0.1) is 10.8 Å². The van der Waals surface area contributed by atoms with Crippen molar-refractivity contribution in [3.05, 3.63) is 0 Å². The Labute approximate surface area is 137 Å². The monoisotopic (exact) mass is 337 g/mol. The first-order valence-corrected chi connectivity index (χ1v) is 7.80. The fourth-order valence-corrected chi connectivity index (χ4v) is 4.16. The lowest BCUT2D eigenvalue weighted by Crippen LogP contribution is -2.78. The molecular weight excluding hydrogens is 318 g/mol. The van der Waals surface area contributed by atoms with Crippen LogP contribution in [0.15, 0.2) is 0 Å². The quantitative estimate of drug-likeness (QED) is 0.253. The minimum atomic E-state index is -1.25. The first-order chi connectivity index (χ1) is 11.3. The Morgan fingerprint density at radius 2 is 1.83 bits per heavy atom. The number of likely N-dealkylation sites (tertiary alicyclic amines) is 1. The van der Waals surface area contributed by atoms with Crippen LogP contribution in [-0.4, -0.2) is 86.8 Å². The summed E-state index contributed by atoms with van der Waals surface area (Å²) < 4.78 is 0. The third kappa shape index (κ3) is 1.79. The predicted octanol–water partition coefficient (Wildman–Crippen LogP) is -3.73. The number of guanidine groups is 2. The van der Waals surface area contributed by atoms with Gasteiger partial charge in [-0.15, -0.1) is 0 Å². The minimum absolute atomic E-state index is 0.0325. The van der Waals surface area contributed by atoms with Crippen LogP contribution in [0.3, 0.4) is 0 Å². The smallest absolute Gasteiger partial charge is 0.229 e. The second kappa shape index (κ2) is 4.80. The van der Waals surface area contributed by atoms with E-state index in [-0.39, 0.29) is 49.7 Å². The molecule has 1 spiro atoms. The molecule has 2 unspecified atom stereocenters. The summed E-state index contributed by atoms with van der Waals surface area (Å²) in [5, 5.41) is 45.3. The van der Waals surface area contributed by atoms with E-state index in [4.69, 9.17) is 10.8 Å². The van der Waals surface area contributed by atoms with Gasteiger partial charge >= 0.3 is 0 Å². The molecule has 4 fully saturated rings. The molecule has 0 bridgehead atoms. The summed E-state index contributed by atoms with van der Waals surface area (Å²) in [6, 6.07) is -1.18. The molecular formula is C13H19N7O4. The molecule has 0 aromatic carbocycles. The molecule has 0 aromatic heterocycles. The Balaban J connectivity index is 1.68. The molecule has 0 radical (unpaired) electrons. The van der Waals surface area contributed by atoms with Crippen molar-refractivity contribution >= 4 is 23.7 Å². The van der Waals surface area contributed by atoms with Crippen molar-refractivity contribution in [2.45, 2.75) is 42.8 Å². The predicted molar refractivity (Wildman–Crippen MR) is 79.8 cm³/mol. The topological polar surface area (TPSA) is 165 Å². The number of aliphatic hydroxyl groups is 2. The maximum Gasteiger partial charge on any atom is 0.229 e. The molecule has 130 valence electrons. The Bertz CT molecular complexity index is 638. The second-order valence-corrected chi connectivity index (χ2v) is 6.57. The van der Waals surface area contributed by atoms with Gasteiger partial charge in [0.1, 0.15) is 12.2 Å². The third-order valence-corrected chi connectivity index (χ3v) is 5.26. The van der Waals surface area contributed by atoms with E-state index in [0.717, 1.165) is 4.90 Å². The van der Waals surface area contributed by atoms with Crippen LogP contribution in [0.4, 0.5) is 0 Å². The summed E-state index contributed by atoms with van der Waals surface area (Å²) >= 11 is 0. The van der Waals surface area contributed by atoms with Crippen LogP contribution >= 0.6 is 0 Å². The Morgan fingerprint density at radius 1 is 1.17 bits per heavy atom. The summed E-state index contributed by atoms with van der Waals surface area (Å²) in [5.41, 5.74) is -1.25. The van der Waals surface area contributed by atoms with E-state index in [0.29, 0.717) is 0 Å². The lowest BCUT2D eigenvalue weighted by Gasteiger charge is -2.49. The van der Waals surface area contributed by atoms with Gasteiger partial charge in [-0.1, -0.05) is 0 Å². The van der Waals surface area contributed by atoms with E-state index >= 15 is 0 Å². The van der Waals surface area contributed by atoms with Crippen molar-refractivity contribution in [3.8, 4) is 0 Å². The van der Waals surface area contributed by atoms with Crippen LogP contribution in [-0.2, 0) is 9.59 Å². The molecule has 7 N–H and O–H groups in total. The highest BCUT2D eigenvalue weighted by atomic mass is 16.3. The highest BCUT2D eigenvalue weighted by Crippen LogP contribution is 2.37. The number of amides is 2. The van der Waals surface area contributed by atoms with Crippen LogP contribution in [0.5, 0.6) is 0 Å². The number of carbonyl (C=O) groups is 2. The van der Waals surface area contributed by atoms with Gasteiger partial charge < -0.3 is 31.1 Å². The van der Waals surface area contributed by atoms with Gasteiger partial charge in [0.15, 0.2) is 17.6 Å². The van der Waals surface area contributed by atoms with Crippen molar-refractivity contribution in [3.63, 3.8) is 0 Å². The SMILES string of the molecule is N=C1NC2[C@H](CN3C(=O)CCC3=O)NC(=N)N3C[C@H](O)[C@@H](O)C23N1. The molecule has 0 aliphatic carbocycles. The van der Waals surface area contributed by atoms with Crippen molar-refractivity contribution in [1.82, 2.24) is 25.8 Å². The van der Waals surface area contributed by atoms with E-state index < -0.39 is 30.0 Å². The lowest BCUT2D eigenvalue weighted by molar-refractivity contribution is -0.139.